The average molecular weight is 401 g/mol. The summed E-state index contributed by atoms with van der Waals surface area (Å²) in [5.74, 6) is -0.308. The van der Waals surface area contributed by atoms with E-state index in [4.69, 9.17) is 16.9 Å². The zero-order valence-electron chi connectivity index (χ0n) is 16.0. The second kappa shape index (κ2) is 8.76. The summed E-state index contributed by atoms with van der Waals surface area (Å²) in [7, 11) is 0. The highest BCUT2D eigenvalue weighted by Gasteiger charge is 2.28. The van der Waals surface area contributed by atoms with Crippen LogP contribution in [-0.4, -0.2) is 32.9 Å². The lowest BCUT2D eigenvalue weighted by atomic mass is 9.94. The van der Waals surface area contributed by atoms with Crippen LogP contribution in [0.3, 0.4) is 0 Å². The van der Waals surface area contributed by atoms with Crippen molar-refractivity contribution >= 4 is 17.5 Å². The zero-order chi connectivity index (χ0) is 20.1. The first-order valence-corrected chi connectivity index (χ1v) is 10.0. The molecule has 2 N–H and O–H groups in total. The number of aliphatic hydroxyl groups is 1. The zero-order valence-corrected chi connectivity index (χ0v) is 16.8. The van der Waals surface area contributed by atoms with Crippen LogP contribution in [0.15, 0.2) is 24.3 Å². The Morgan fingerprint density at radius 3 is 2.71 bits per heavy atom. The van der Waals surface area contributed by atoms with Crippen molar-refractivity contribution in [2.45, 2.75) is 57.6 Å². The molecule has 1 saturated carbocycles. The molecule has 28 heavy (non-hydrogen) atoms. The van der Waals surface area contributed by atoms with Crippen molar-refractivity contribution in [2.24, 2.45) is 0 Å². The maximum Gasteiger partial charge on any atom is 0.252 e. The van der Waals surface area contributed by atoms with Gasteiger partial charge in [-0.25, -0.2) is 0 Å². The van der Waals surface area contributed by atoms with Gasteiger partial charge in [-0.15, -0.1) is 0 Å². The number of carbonyl (C=O) groups is 1. The van der Waals surface area contributed by atoms with Crippen molar-refractivity contribution in [1.29, 1.82) is 5.26 Å². The summed E-state index contributed by atoms with van der Waals surface area (Å²) in [5.41, 5.74) is 1.81. The third-order valence-corrected chi connectivity index (χ3v) is 5.65. The van der Waals surface area contributed by atoms with Crippen LogP contribution in [0.2, 0.25) is 5.02 Å². The molecule has 2 aromatic rings. The van der Waals surface area contributed by atoms with Crippen LogP contribution in [-0.2, 0) is 6.54 Å². The lowest BCUT2D eigenvalue weighted by Crippen LogP contribution is -2.42. The number of nitrogens with one attached hydrogen (secondary N) is 1. The number of aryl methyl sites for hydroxylation is 1. The van der Waals surface area contributed by atoms with Gasteiger partial charge >= 0.3 is 0 Å². The topological polar surface area (TPSA) is 90.9 Å². The molecular weight excluding hydrogens is 376 g/mol. The Hall–Kier alpha value is -2.36. The fourth-order valence-corrected chi connectivity index (χ4v) is 3.84. The molecule has 0 bridgehead atoms. The lowest BCUT2D eigenvalue weighted by Gasteiger charge is -2.26. The molecule has 0 aliphatic heterocycles. The van der Waals surface area contributed by atoms with E-state index in [-0.39, 0.29) is 19.0 Å². The Labute approximate surface area is 170 Å². The van der Waals surface area contributed by atoms with Crippen LogP contribution >= 0.6 is 11.6 Å². The first-order valence-electron chi connectivity index (χ1n) is 9.64. The van der Waals surface area contributed by atoms with Gasteiger partial charge in [-0.2, -0.15) is 10.4 Å². The lowest BCUT2D eigenvalue weighted by molar-refractivity contribution is 0.0246. The van der Waals surface area contributed by atoms with E-state index < -0.39 is 5.60 Å². The van der Waals surface area contributed by atoms with Crippen molar-refractivity contribution in [2.75, 3.05) is 6.54 Å². The van der Waals surface area contributed by atoms with Gasteiger partial charge in [-0.3, -0.25) is 9.48 Å². The Bertz CT molecular complexity index is 892. The number of amides is 1. The van der Waals surface area contributed by atoms with Crippen LogP contribution in [0.25, 0.3) is 11.3 Å². The molecule has 1 amide bonds. The number of nitrogens with zero attached hydrogens (tertiary/aromatic N) is 3. The van der Waals surface area contributed by atoms with Gasteiger partial charge in [-0.1, -0.05) is 43.4 Å². The number of hydrogen-bond acceptors (Lipinski definition) is 4. The SMILES string of the molecule is Cc1cc(-c2ccc(Cl)c(C(=O)NCC3(O)CCCCCC3)c2)nn1CC#N. The molecule has 0 spiro atoms. The molecule has 0 unspecified atom stereocenters. The number of aromatic nitrogens is 2. The summed E-state index contributed by atoms with van der Waals surface area (Å²) in [6.07, 6.45) is 5.62. The smallest absolute Gasteiger partial charge is 0.252 e. The predicted octanol–water partition coefficient (Wildman–Crippen LogP) is 3.85. The maximum atomic E-state index is 12.7. The van der Waals surface area contributed by atoms with Gasteiger partial charge in [0.1, 0.15) is 6.54 Å². The van der Waals surface area contributed by atoms with E-state index in [0.717, 1.165) is 36.9 Å². The highest BCUT2D eigenvalue weighted by molar-refractivity contribution is 6.34. The third-order valence-electron chi connectivity index (χ3n) is 5.32. The summed E-state index contributed by atoms with van der Waals surface area (Å²) in [4.78, 5) is 12.7. The normalized spacial score (nSPS) is 16.2. The predicted molar refractivity (Wildman–Crippen MR) is 108 cm³/mol. The molecule has 1 aliphatic rings. The number of rotatable bonds is 5. The molecule has 3 rings (SSSR count). The maximum absolute atomic E-state index is 12.7. The van der Waals surface area contributed by atoms with Crippen LogP contribution < -0.4 is 5.32 Å². The van der Waals surface area contributed by atoms with E-state index >= 15 is 0 Å². The number of nitriles is 1. The summed E-state index contributed by atoms with van der Waals surface area (Å²) in [5, 5.41) is 27.2. The van der Waals surface area contributed by atoms with Crippen LogP contribution in [0.5, 0.6) is 0 Å². The fourth-order valence-electron chi connectivity index (χ4n) is 3.64. The molecule has 0 atom stereocenters. The van der Waals surface area contributed by atoms with E-state index in [0.29, 0.717) is 29.1 Å². The first kappa shape index (κ1) is 20.4. The van der Waals surface area contributed by atoms with Crippen LogP contribution in [0.4, 0.5) is 0 Å². The summed E-state index contributed by atoms with van der Waals surface area (Å²) >= 11 is 6.26. The Morgan fingerprint density at radius 1 is 1.32 bits per heavy atom. The average Bonchev–Trinajstić information content (AvgIpc) is 2.89. The second-order valence-electron chi connectivity index (χ2n) is 7.50. The van der Waals surface area contributed by atoms with Crippen LogP contribution in [0, 0.1) is 18.3 Å². The molecule has 1 heterocycles. The van der Waals surface area contributed by atoms with Crippen molar-refractivity contribution in [3.05, 3.63) is 40.5 Å². The van der Waals surface area contributed by atoms with E-state index in [1.807, 2.05) is 13.0 Å². The van der Waals surface area contributed by atoms with E-state index in [1.54, 1.807) is 22.9 Å². The Kier molecular flexibility index (Phi) is 6.38. The second-order valence-corrected chi connectivity index (χ2v) is 7.91. The first-order chi connectivity index (χ1) is 13.4. The van der Waals surface area contributed by atoms with Crippen molar-refractivity contribution in [1.82, 2.24) is 15.1 Å². The number of halogens is 1. The minimum Gasteiger partial charge on any atom is -0.388 e. The van der Waals surface area contributed by atoms with Gasteiger partial charge in [0, 0.05) is 17.8 Å². The standard InChI is InChI=1S/C21H25ClN4O2/c1-15-12-19(25-26(15)11-10-23)16-6-7-18(22)17(13-16)20(27)24-14-21(28)8-4-2-3-5-9-21/h6-7,12-13,28H,2-5,8-9,11,14H2,1H3,(H,24,27). The fraction of sp³-hybridized carbons (Fsp3) is 0.476. The quantitative estimate of drug-likeness (QED) is 0.745. The van der Waals surface area contributed by atoms with Gasteiger partial charge in [0.25, 0.3) is 5.91 Å². The minimum absolute atomic E-state index is 0.172. The van der Waals surface area contributed by atoms with Gasteiger partial charge in [-0.05, 0) is 38.0 Å². The van der Waals surface area contributed by atoms with Crippen molar-refractivity contribution in [3.63, 3.8) is 0 Å². The number of carbonyl (C=O) groups excluding carboxylic acids is 1. The van der Waals surface area contributed by atoms with Crippen molar-refractivity contribution < 1.29 is 9.90 Å². The van der Waals surface area contributed by atoms with Gasteiger partial charge in [0.05, 0.1) is 28.0 Å². The molecule has 6 nitrogen and oxygen atoms in total. The molecule has 7 heteroatoms. The summed E-state index contributed by atoms with van der Waals surface area (Å²) < 4.78 is 1.62. The molecule has 148 valence electrons. The molecule has 1 aromatic heterocycles. The molecular formula is C21H25ClN4O2. The molecule has 1 aromatic carbocycles. The van der Waals surface area contributed by atoms with Gasteiger partial charge in [0.2, 0.25) is 0 Å². The largest absolute Gasteiger partial charge is 0.388 e. The van der Waals surface area contributed by atoms with Gasteiger partial charge in [0.15, 0.2) is 0 Å². The Balaban J connectivity index is 1.76. The number of hydrogen-bond donors (Lipinski definition) is 2. The molecule has 1 aliphatic carbocycles. The van der Waals surface area contributed by atoms with E-state index in [1.165, 1.54) is 0 Å². The van der Waals surface area contributed by atoms with Crippen molar-refractivity contribution in [3.8, 4) is 17.3 Å². The summed E-state index contributed by atoms with van der Waals surface area (Å²) in [6.45, 7) is 2.28. The minimum atomic E-state index is -0.844. The van der Waals surface area contributed by atoms with Gasteiger partial charge < -0.3 is 10.4 Å². The highest BCUT2D eigenvalue weighted by atomic mass is 35.5. The Morgan fingerprint density at radius 2 is 2.04 bits per heavy atom. The molecule has 0 radical (unpaired) electrons. The molecule has 0 saturated heterocycles. The highest BCUT2D eigenvalue weighted by Crippen LogP contribution is 2.28. The van der Waals surface area contributed by atoms with E-state index in [2.05, 4.69) is 16.5 Å². The van der Waals surface area contributed by atoms with Crippen LogP contribution in [0.1, 0.15) is 54.6 Å². The molecule has 1 fully saturated rings. The monoisotopic (exact) mass is 400 g/mol. The number of benzene rings is 1. The third kappa shape index (κ3) is 4.73. The summed E-state index contributed by atoms with van der Waals surface area (Å²) in [6, 6.07) is 9.12. The van der Waals surface area contributed by atoms with E-state index in [9.17, 15) is 9.90 Å².